The number of pyridine rings is 1. The van der Waals surface area contributed by atoms with Crippen LogP contribution in [0.25, 0.3) is 11.5 Å². The van der Waals surface area contributed by atoms with E-state index in [-0.39, 0.29) is 5.82 Å². The summed E-state index contributed by atoms with van der Waals surface area (Å²) in [5.74, 6) is 1.96. The predicted octanol–water partition coefficient (Wildman–Crippen LogP) is 2.51. The molecule has 29 heavy (non-hydrogen) atoms. The van der Waals surface area contributed by atoms with Crippen molar-refractivity contribution in [1.29, 1.82) is 0 Å². The average molecular weight is 393 g/mol. The summed E-state index contributed by atoms with van der Waals surface area (Å²) in [6.45, 7) is 2.20. The highest BCUT2D eigenvalue weighted by atomic mass is 19.1. The third-order valence-corrected chi connectivity index (χ3v) is 5.39. The van der Waals surface area contributed by atoms with E-state index in [4.69, 9.17) is 5.11 Å². The first kappa shape index (κ1) is 17.9. The molecule has 0 atom stereocenters. The fourth-order valence-corrected chi connectivity index (χ4v) is 3.70. The molecule has 0 saturated carbocycles. The standard InChI is InChI=1S/C20H22FN8/c1-27-8-6-16(7-9-27)25-18-3-5-20-23-12-17(29(20)26-18)14-10-24-28(13-14)19-4-2-15(21)11-22-19/h2-4,10-13,16,25H,5-9H2,1H3/q+1. The van der Waals surface area contributed by atoms with E-state index >= 15 is 0 Å². The van der Waals surface area contributed by atoms with Gasteiger partial charge in [0.2, 0.25) is 5.70 Å². The molecule has 3 aliphatic heterocycles. The molecule has 5 heterocycles. The highest BCUT2D eigenvalue weighted by Crippen LogP contribution is 2.26. The molecule has 1 fully saturated rings. The van der Waals surface area contributed by atoms with Gasteiger partial charge in [-0.3, -0.25) is 0 Å². The van der Waals surface area contributed by atoms with Gasteiger partial charge in [-0.25, -0.2) is 14.1 Å². The van der Waals surface area contributed by atoms with Crippen molar-refractivity contribution in [3.05, 3.63) is 60.2 Å². The molecule has 0 aromatic carbocycles. The zero-order valence-electron chi connectivity index (χ0n) is 16.2. The van der Waals surface area contributed by atoms with Crippen LogP contribution in [0.2, 0.25) is 0 Å². The molecule has 0 spiro atoms. The van der Waals surface area contributed by atoms with Gasteiger partial charge in [0.15, 0.2) is 17.8 Å². The molecule has 2 aromatic heterocycles. The van der Waals surface area contributed by atoms with Crippen molar-refractivity contribution in [1.82, 2.24) is 25.0 Å². The lowest BCUT2D eigenvalue weighted by molar-refractivity contribution is -0.379. The number of hydrogen-bond acceptors (Lipinski definition) is 6. The first-order chi connectivity index (χ1) is 14.2. The smallest absolute Gasteiger partial charge is 0.328 e. The lowest BCUT2D eigenvalue weighted by Crippen LogP contribution is -2.40. The largest absolute Gasteiger partial charge is 0.364 e. The molecule has 0 amide bonds. The monoisotopic (exact) mass is 393 g/mol. The summed E-state index contributed by atoms with van der Waals surface area (Å²) in [6, 6.07) is 3.40. The number of hydrogen-bond donors (Lipinski definition) is 1. The Morgan fingerprint density at radius 1 is 1.21 bits per heavy atom. The number of nitrogens with zero attached hydrogens (tertiary/aromatic N) is 7. The van der Waals surface area contributed by atoms with Crippen LogP contribution < -0.4 is 5.32 Å². The second-order valence-corrected chi connectivity index (χ2v) is 7.50. The molecule has 0 bridgehead atoms. The van der Waals surface area contributed by atoms with Gasteiger partial charge in [-0.1, -0.05) is 9.81 Å². The van der Waals surface area contributed by atoms with Gasteiger partial charge in [-0.15, -0.1) is 0 Å². The summed E-state index contributed by atoms with van der Waals surface area (Å²) in [4.78, 5) is 10.9. The Labute approximate surface area is 167 Å². The minimum Gasteiger partial charge on any atom is -0.364 e. The second kappa shape index (κ2) is 7.32. The Morgan fingerprint density at radius 3 is 2.86 bits per heavy atom. The Balaban J connectivity index is 1.34. The number of azo groups is 2. The van der Waals surface area contributed by atoms with Crippen LogP contribution in [0.5, 0.6) is 0 Å². The van der Waals surface area contributed by atoms with Crippen molar-refractivity contribution in [3.63, 3.8) is 0 Å². The molecular formula is C20H22FN8+. The van der Waals surface area contributed by atoms with Crippen molar-refractivity contribution in [2.75, 3.05) is 20.1 Å². The lowest BCUT2D eigenvalue weighted by atomic mass is 10.1. The van der Waals surface area contributed by atoms with Gasteiger partial charge < -0.3 is 10.2 Å². The number of likely N-dealkylation sites (tertiary alicyclic amines) is 1. The van der Waals surface area contributed by atoms with Gasteiger partial charge in [-0.05, 0) is 56.2 Å². The molecule has 8 nitrogen and oxygen atoms in total. The molecule has 0 radical (unpaired) electrons. The number of fused-ring (bicyclic) bond motifs is 1. The van der Waals surface area contributed by atoms with Gasteiger partial charge in [0, 0.05) is 12.2 Å². The summed E-state index contributed by atoms with van der Waals surface area (Å²) in [5, 5.41) is 12.7. The van der Waals surface area contributed by atoms with E-state index in [0.717, 1.165) is 55.3 Å². The van der Waals surface area contributed by atoms with Crippen molar-refractivity contribution >= 4 is 11.5 Å². The molecule has 2 aromatic rings. The minimum atomic E-state index is -0.374. The highest BCUT2D eigenvalue weighted by Gasteiger charge is 2.33. The number of amidine groups is 1. The third kappa shape index (κ3) is 3.61. The summed E-state index contributed by atoms with van der Waals surface area (Å²) < 4.78 is 16.6. The molecule has 0 aliphatic carbocycles. The number of nitrogens with one attached hydrogen (secondary N) is 1. The topological polar surface area (TPSA) is 73.7 Å². The number of piperidine rings is 1. The summed E-state index contributed by atoms with van der Waals surface area (Å²) in [7, 11) is 2.16. The molecule has 148 valence electrons. The van der Waals surface area contributed by atoms with Crippen LogP contribution in [-0.4, -0.2) is 56.4 Å². The van der Waals surface area contributed by atoms with E-state index in [1.54, 1.807) is 16.9 Å². The second-order valence-electron chi connectivity index (χ2n) is 7.50. The first-order valence-corrected chi connectivity index (χ1v) is 9.76. The molecular weight excluding hydrogens is 371 g/mol. The highest BCUT2D eigenvalue weighted by molar-refractivity contribution is 5.85. The van der Waals surface area contributed by atoms with E-state index in [2.05, 4.69) is 38.4 Å². The van der Waals surface area contributed by atoms with Gasteiger partial charge >= 0.3 is 5.84 Å². The van der Waals surface area contributed by atoms with Gasteiger partial charge in [0.1, 0.15) is 5.82 Å². The van der Waals surface area contributed by atoms with E-state index in [9.17, 15) is 4.39 Å². The quantitative estimate of drug-likeness (QED) is 0.810. The first-order valence-electron chi connectivity index (χ1n) is 9.76. The Bertz CT molecular complexity index is 1040. The zero-order valence-corrected chi connectivity index (χ0v) is 16.2. The third-order valence-electron chi connectivity index (χ3n) is 5.39. The van der Waals surface area contributed by atoms with Crippen LogP contribution in [0.4, 0.5) is 4.39 Å². The Kier molecular flexibility index (Phi) is 4.51. The minimum absolute atomic E-state index is 0.374. The number of aromatic nitrogens is 3. The normalized spacial score (nSPS) is 19.9. The van der Waals surface area contributed by atoms with Crippen molar-refractivity contribution in [2.45, 2.75) is 25.3 Å². The Hall–Kier alpha value is -3.20. The van der Waals surface area contributed by atoms with Crippen molar-refractivity contribution < 1.29 is 9.09 Å². The Morgan fingerprint density at radius 2 is 2.07 bits per heavy atom. The molecule has 1 saturated heterocycles. The predicted molar refractivity (Wildman–Crippen MR) is 106 cm³/mol. The van der Waals surface area contributed by atoms with E-state index < -0.39 is 0 Å². The SMILES string of the molecule is CN1CCC(NC2=CCC3=NC=C(c4cnn(-c5ccc(F)cn5)c4)[N+]3=N2)CC1. The van der Waals surface area contributed by atoms with E-state index in [1.165, 1.54) is 12.3 Å². The van der Waals surface area contributed by atoms with Crippen molar-refractivity contribution in [2.24, 2.45) is 10.1 Å². The van der Waals surface area contributed by atoms with Crippen LogP contribution in [0.3, 0.4) is 0 Å². The molecule has 5 rings (SSSR count). The van der Waals surface area contributed by atoms with Gasteiger partial charge in [0.25, 0.3) is 0 Å². The molecule has 0 unspecified atom stereocenters. The maximum absolute atomic E-state index is 13.1. The van der Waals surface area contributed by atoms with Crippen LogP contribution in [0.15, 0.2) is 58.9 Å². The van der Waals surface area contributed by atoms with Crippen LogP contribution in [-0.2, 0) is 0 Å². The van der Waals surface area contributed by atoms with Crippen LogP contribution >= 0.6 is 0 Å². The fourth-order valence-electron chi connectivity index (χ4n) is 3.70. The number of rotatable bonds is 4. The average Bonchev–Trinajstić information content (AvgIpc) is 3.37. The summed E-state index contributed by atoms with van der Waals surface area (Å²) in [6.07, 6.45) is 11.6. The molecule has 3 aliphatic rings. The van der Waals surface area contributed by atoms with Crippen LogP contribution in [0.1, 0.15) is 24.8 Å². The van der Waals surface area contributed by atoms with Crippen molar-refractivity contribution in [3.8, 4) is 5.82 Å². The maximum Gasteiger partial charge on any atom is 0.328 e. The molecule has 1 N–H and O–H groups in total. The van der Waals surface area contributed by atoms with Crippen LogP contribution in [0, 0.1) is 5.82 Å². The molecule has 9 heteroatoms. The maximum atomic E-state index is 13.1. The van der Waals surface area contributed by atoms with E-state index in [0.29, 0.717) is 11.9 Å². The van der Waals surface area contributed by atoms with Gasteiger partial charge in [0.05, 0.1) is 24.4 Å². The fraction of sp³-hybridized carbons (Fsp3) is 0.350. The van der Waals surface area contributed by atoms with Gasteiger partial charge in [-0.2, -0.15) is 5.10 Å². The lowest BCUT2D eigenvalue weighted by Gasteiger charge is -2.30. The number of aliphatic imine (C=N–C) groups is 1. The number of halogens is 1. The van der Waals surface area contributed by atoms with E-state index in [1.807, 2.05) is 17.1 Å². The summed E-state index contributed by atoms with van der Waals surface area (Å²) in [5.41, 5.74) is 1.74. The summed E-state index contributed by atoms with van der Waals surface area (Å²) >= 11 is 0. The zero-order chi connectivity index (χ0) is 19.8.